The molecule has 0 saturated heterocycles. The minimum Gasteiger partial charge on any atom is -0.462 e. The Kier molecular flexibility index (Phi) is 57.5. The quantitative estimate of drug-likeness (QED) is 0.0211. The van der Waals surface area contributed by atoms with Crippen molar-refractivity contribution in [2.75, 3.05) is 47.5 Å². The fourth-order valence-electron chi connectivity index (χ4n) is 7.92. The SMILES string of the molecule is CC/C=C\C/C=C\C/C=C\C/C=C\C/C=C\C/C=C\C/C=C\C/C=C\C/C=C\CCCCCCCCCCCCCC(=O)OC(COC(=O)CCCCC/C=C\C/C=C\C/C=C\C/C=C\C/C=C\CC)COP(=O)(O)OCC[N+](C)(C)C. The second kappa shape index (κ2) is 60.9. The maximum Gasteiger partial charge on any atom is 0.472 e. The lowest BCUT2D eigenvalue weighted by Gasteiger charge is -2.24. The largest absolute Gasteiger partial charge is 0.472 e. The predicted octanol–water partition coefficient (Wildman–Crippen LogP) is 20.6. The number of hydrogen-bond donors (Lipinski definition) is 1. The van der Waals surface area contributed by atoms with Gasteiger partial charge in [0.25, 0.3) is 0 Å². The van der Waals surface area contributed by atoms with Crippen LogP contribution in [0.25, 0.3) is 0 Å². The van der Waals surface area contributed by atoms with Gasteiger partial charge in [-0.25, -0.2) is 4.57 Å². The number of phosphoric acid groups is 1. The van der Waals surface area contributed by atoms with Crippen molar-refractivity contribution in [3.63, 3.8) is 0 Å². The lowest BCUT2D eigenvalue weighted by molar-refractivity contribution is -0.870. The van der Waals surface area contributed by atoms with Crippen LogP contribution in [-0.2, 0) is 32.7 Å². The van der Waals surface area contributed by atoms with Crippen LogP contribution in [0.2, 0.25) is 0 Å². The first kappa shape index (κ1) is 77.4. The van der Waals surface area contributed by atoms with Crippen LogP contribution < -0.4 is 0 Å². The molecule has 0 aromatic carbocycles. The lowest BCUT2D eigenvalue weighted by Crippen LogP contribution is -2.37. The zero-order valence-corrected chi connectivity index (χ0v) is 53.3. The van der Waals surface area contributed by atoms with Crippen LogP contribution in [0, 0.1) is 0 Å². The number of quaternary nitrogens is 1. The van der Waals surface area contributed by atoms with Gasteiger partial charge in [-0.15, -0.1) is 0 Å². The number of phosphoric ester groups is 1. The average molecular weight is 1160 g/mol. The van der Waals surface area contributed by atoms with Gasteiger partial charge >= 0.3 is 19.8 Å². The highest BCUT2D eigenvalue weighted by atomic mass is 31.2. The average Bonchev–Trinajstić information content (AvgIpc) is 3.46. The van der Waals surface area contributed by atoms with Crippen LogP contribution in [0.1, 0.15) is 219 Å². The molecular weight excluding hydrogens is 1040 g/mol. The van der Waals surface area contributed by atoms with E-state index in [0.717, 1.165) is 135 Å². The number of carbonyl (C=O) groups excluding carboxylic acids is 2. The van der Waals surface area contributed by atoms with Gasteiger partial charge in [0, 0.05) is 12.8 Å². The molecule has 0 spiro atoms. The smallest absolute Gasteiger partial charge is 0.462 e. The molecule has 0 saturated carbocycles. The second-order valence-corrected chi connectivity index (χ2v) is 23.1. The molecule has 0 heterocycles. The van der Waals surface area contributed by atoms with Crippen LogP contribution in [0.15, 0.2) is 170 Å². The molecule has 2 unspecified atom stereocenters. The van der Waals surface area contributed by atoms with E-state index in [1.807, 2.05) is 21.1 Å². The summed E-state index contributed by atoms with van der Waals surface area (Å²) in [6, 6.07) is 0. The van der Waals surface area contributed by atoms with Crippen molar-refractivity contribution < 1.29 is 42.1 Å². The number of carbonyl (C=O) groups is 2. The van der Waals surface area contributed by atoms with Crippen LogP contribution in [-0.4, -0.2) is 74.9 Å². The molecule has 0 aromatic heterocycles. The highest BCUT2D eigenvalue weighted by Gasteiger charge is 2.27. The van der Waals surface area contributed by atoms with E-state index in [0.29, 0.717) is 23.9 Å². The number of rotatable bonds is 56. The molecule has 1 N–H and O–H groups in total. The van der Waals surface area contributed by atoms with Crippen LogP contribution in [0.5, 0.6) is 0 Å². The van der Waals surface area contributed by atoms with Crippen molar-refractivity contribution in [2.45, 2.75) is 225 Å². The molecule has 0 bridgehead atoms. The van der Waals surface area contributed by atoms with Gasteiger partial charge in [0.1, 0.15) is 19.8 Å². The van der Waals surface area contributed by atoms with Crippen molar-refractivity contribution in [3.8, 4) is 0 Å². The van der Waals surface area contributed by atoms with Crippen molar-refractivity contribution in [2.24, 2.45) is 0 Å². The maximum atomic E-state index is 12.8. The normalized spacial score (nSPS) is 14.4. The highest BCUT2D eigenvalue weighted by Crippen LogP contribution is 2.43. The molecule has 10 heteroatoms. The van der Waals surface area contributed by atoms with Gasteiger partial charge in [0.15, 0.2) is 6.10 Å². The Bertz CT molecular complexity index is 1990. The summed E-state index contributed by atoms with van der Waals surface area (Å²) in [6.07, 6.45) is 93.0. The highest BCUT2D eigenvalue weighted by molar-refractivity contribution is 7.47. The summed E-state index contributed by atoms with van der Waals surface area (Å²) in [5.41, 5.74) is 0. The van der Waals surface area contributed by atoms with E-state index in [-0.39, 0.29) is 26.1 Å². The lowest BCUT2D eigenvalue weighted by atomic mass is 10.0. The van der Waals surface area contributed by atoms with E-state index >= 15 is 0 Å². The Morgan fingerprint density at radius 2 is 0.659 bits per heavy atom. The van der Waals surface area contributed by atoms with E-state index in [2.05, 4.69) is 184 Å². The molecule has 82 heavy (non-hydrogen) atoms. The molecule has 462 valence electrons. The molecule has 0 aliphatic rings. The first-order valence-electron chi connectivity index (χ1n) is 31.9. The first-order chi connectivity index (χ1) is 40.0. The zero-order chi connectivity index (χ0) is 59.8. The van der Waals surface area contributed by atoms with Crippen LogP contribution in [0.4, 0.5) is 0 Å². The summed E-state index contributed by atoms with van der Waals surface area (Å²) < 4.78 is 34.6. The summed E-state index contributed by atoms with van der Waals surface area (Å²) in [4.78, 5) is 35.7. The molecule has 2 atom stereocenters. The number of ether oxygens (including phenoxy) is 2. The minimum atomic E-state index is -4.41. The third-order valence-electron chi connectivity index (χ3n) is 12.7. The monoisotopic (exact) mass is 1150 g/mol. The van der Waals surface area contributed by atoms with Gasteiger partial charge in [-0.1, -0.05) is 248 Å². The van der Waals surface area contributed by atoms with Gasteiger partial charge in [0.05, 0.1) is 27.7 Å². The van der Waals surface area contributed by atoms with Crippen molar-refractivity contribution >= 4 is 19.8 Å². The van der Waals surface area contributed by atoms with E-state index in [1.54, 1.807) is 0 Å². The molecule has 9 nitrogen and oxygen atoms in total. The van der Waals surface area contributed by atoms with Crippen molar-refractivity contribution in [3.05, 3.63) is 170 Å². The standard InChI is InChI=1S/C72H116NO8P/c1-6-8-10-12-14-16-18-20-22-24-26-27-28-29-30-31-32-33-34-35-36-37-38-39-40-41-42-43-44-45-47-49-51-53-55-57-59-61-63-65-72(75)81-70(69-80-82(76,77)79-67-66-73(3,4)5)68-78-71(74)64-62-60-58-56-54-52-50-48-46-25-23-21-19-17-15-13-11-9-7-2/h8-11,14-17,20-23,26-27,29-30,32-33,35-36,38-39,41-42,46,48,52,54,70H,6-7,12-13,18-19,24-25,28,31,34,37,40,43-45,47,49-51,53,55-69H2,1-5H3/p+1/b10-8-,11-9-,16-14-,17-15-,22-20-,23-21-,27-26-,30-29-,33-32-,36-35-,39-38-,42-41-,48-46-,54-52-. The van der Waals surface area contributed by atoms with Crippen LogP contribution in [0.3, 0.4) is 0 Å². The summed E-state index contributed by atoms with van der Waals surface area (Å²) in [6.45, 7) is 4.14. The van der Waals surface area contributed by atoms with E-state index < -0.39 is 32.5 Å². The van der Waals surface area contributed by atoms with Gasteiger partial charge in [-0.05, 0) is 128 Å². The number of hydrogen-bond acceptors (Lipinski definition) is 7. The summed E-state index contributed by atoms with van der Waals surface area (Å²) in [5, 5.41) is 0. The topological polar surface area (TPSA) is 108 Å². The van der Waals surface area contributed by atoms with E-state index in [9.17, 15) is 19.0 Å². The van der Waals surface area contributed by atoms with Crippen molar-refractivity contribution in [1.82, 2.24) is 0 Å². The number of nitrogens with zero attached hydrogens (tertiary/aromatic N) is 1. The fourth-order valence-corrected chi connectivity index (χ4v) is 8.66. The van der Waals surface area contributed by atoms with Crippen LogP contribution >= 0.6 is 7.82 Å². The summed E-state index contributed by atoms with van der Waals surface area (Å²) in [7, 11) is 1.43. The Morgan fingerprint density at radius 1 is 0.378 bits per heavy atom. The summed E-state index contributed by atoms with van der Waals surface area (Å²) in [5.74, 6) is -0.851. The molecular formula is C72H117NO8P+. The Hall–Kier alpha value is -4.63. The van der Waals surface area contributed by atoms with E-state index in [1.165, 1.54) is 44.9 Å². The minimum absolute atomic E-state index is 0.0165. The summed E-state index contributed by atoms with van der Waals surface area (Å²) >= 11 is 0. The molecule has 0 aliphatic heterocycles. The molecule has 0 fully saturated rings. The van der Waals surface area contributed by atoms with Gasteiger partial charge < -0.3 is 18.9 Å². The Morgan fingerprint density at radius 3 is 0.988 bits per heavy atom. The Balaban J connectivity index is 4.15. The number of unbranched alkanes of at least 4 members (excludes halogenated alkanes) is 14. The number of allylic oxidation sites excluding steroid dienone is 28. The van der Waals surface area contributed by atoms with Gasteiger partial charge in [-0.3, -0.25) is 18.6 Å². The van der Waals surface area contributed by atoms with Gasteiger partial charge in [0.2, 0.25) is 0 Å². The predicted molar refractivity (Wildman–Crippen MR) is 353 cm³/mol. The fraction of sp³-hybridized carbons (Fsp3) is 0.583. The first-order valence-corrected chi connectivity index (χ1v) is 33.4. The van der Waals surface area contributed by atoms with Gasteiger partial charge in [-0.2, -0.15) is 0 Å². The molecule has 0 amide bonds. The van der Waals surface area contributed by atoms with Crippen molar-refractivity contribution in [1.29, 1.82) is 0 Å². The molecule has 0 aliphatic carbocycles. The third kappa shape index (κ3) is 64.5. The second-order valence-electron chi connectivity index (χ2n) is 21.7. The molecule has 0 rings (SSSR count). The van der Waals surface area contributed by atoms with E-state index in [4.69, 9.17) is 18.5 Å². The number of esters is 2. The third-order valence-corrected chi connectivity index (χ3v) is 13.7. The Labute approximate surface area is 502 Å². The molecule has 0 aromatic rings. The number of likely N-dealkylation sites (N-methyl/N-ethyl adjacent to an activating group) is 1. The maximum absolute atomic E-state index is 12.8. The molecule has 0 radical (unpaired) electrons. The zero-order valence-electron chi connectivity index (χ0n) is 52.4.